The molecule has 0 spiro atoms. The maximum absolute atomic E-state index is 5.66. The Morgan fingerprint density at radius 3 is 2.65 bits per heavy atom. The van der Waals surface area contributed by atoms with Crippen LogP contribution in [0.4, 0.5) is 0 Å². The number of hydrogen-bond acceptors (Lipinski definition) is 4. The van der Waals surface area contributed by atoms with E-state index in [1.807, 2.05) is 10.8 Å². The van der Waals surface area contributed by atoms with E-state index in [4.69, 9.17) is 4.84 Å². The Morgan fingerprint density at radius 2 is 1.92 bits per heavy atom. The Balaban J connectivity index is 1.78. The highest BCUT2D eigenvalue weighted by atomic mass is 16.6. The lowest BCUT2D eigenvalue weighted by molar-refractivity contribution is 0.114. The van der Waals surface area contributed by atoms with Gasteiger partial charge in [-0.15, -0.1) is 0 Å². The van der Waals surface area contributed by atoms with Crippen molar-refractivity contribution in [2.24, 2.45) is 5.16 Å². The van der Waals surface area contributed by atoms with Crippen LogP contribution < -0.4 is 0 Å². The lowest BCUT2D eigenvalue weighted by Crippen LogP contribution is -2.26. The van der Waals surface area contributed by atoms with E-state index in [1.54, 1.807) is 12.5 Å². The second-order valence-corrected chi connectivity index (χ2v) is 6.20. The molecule has 1 aromatic heterocycles. The van der Waals surface area contributed by atoms with Crippen LogP contribution in [0.2, 0.25) is 0 Å². The maximum atomic E-state index is 5.66. The van der Waals surface area contributed by atoms with E-state index in [9.17, 15) is 0 Å². The highest BCUT2D eigenvalue weighted by Crippen LogP contribution is 2.17. The molecule has 3 rings (SSSR count). The number of likely N-dealkylation sites (N-methyl/N-ethyl adjacent to an activating group) is 1. The van der Waals surface area contributed by atoms with E-state index in [0.717, 1.165) is 30.9 Å². The van der Waals surface area contributed by atoms with Crippen LogP contribution in [0.1, 0.15) is 19.4 Å². The summed E-state index contributed by atoms with van der Waals surface area (Å²) in [5.74, 6) is 0. The molecule has 1 heterocycles. The van der Waals surface area contributed by atoms with Gasteiger partial charge in [0.05, 0.1) is 12.9 Å². The van der Waals surface area contributed by atoms with E-state index in [2.05, 4.69) is 71.4 Å². The van der Waals surface area contributed by atoms with Crippen molar-refractivity contribution >= 4 is 16.5 Å². The summed E-state index contributed by atoms with van der Waals surface area (Å²) in [6.45, 7) is 8.46. The van der Waals surface area contributed by atoms with Crippen molar-refractivity contribution in [3.63, 3.8) is 0 Å². The minimum atomic E-state index is 0.586. The van der Waals surface area contributed by atoms with Gasteiger partial charge in [0.2, 0.25) is 0 Å². The maximum Gasteiger partial charge on any atom is 0.129 e. The first-order chi connectivity index (χ1) is 12.8. The monoisotopic (exact) mass is 350 g/mol. The summed E-state index contributed by atoms with van der Waals surface area (Å²) >= 11 is 0. The molecular weight excluding hydrogens is 324 g/mol. The van der Waals surface area contributed by atoms with Gasteiger partial charge >= 0.3 is 0 Å². The van der Waals surface area contributed by atoms with Crippen LogP contribution in [0.3, 0.4) is 0 Å². The lowest BCUT2D eigenvalue weighted by atomic mass is 10.0. The van der Waals surface area contributed by atoms with Gasteiger partial charge in [-0.05, 0) is 29.9 Å². The van der Waals surface area contributed by atoms with Crippen molar-refractivity contribution in [2.45, 2.75) is 20.4 Å². The second-order valence-electron chi connectivity index (χ2n) is 6.20. The van der Waals surface area contributed by atoms with E-state index in [1.165, 1.54) is 10.8 Å². The molecule has 5 heteroatoms. The number of benzene rings is 2. The molecular formula is C21H26N4O. The minimum Gasteiger partial charge on any atom is -0.394 e. The third-order valence-electron chi connectivity index (χ3n) is 4.54. The van der Waals surface area contributed by atoms with Gasteiger partial charge in [-0.1, -0.05) is 55.4 Å². The van der Waals surface area contributed by atoms with Gasteiger partial charge in [-0.2, -0.15) is 0 Å². The van der Waals surface area contributed by atoms with E-state index in [-0.39, 0.29) is 0 Å². The van der Waals surface area contributed by atoms with E-state index in [0.29, 0.717) is 13.2 Å². The zero-order valence-corrected chi connectivity index (χ0v) is 15.5. The lowest BCUT2D eigenvalue weighted by Gasteiger charge is -2.17. The van der Waals surface area contributed by atoms with Crippen molar-refractivity contribution in [3.8, 4) is 0 Å². The summed E-state index contributed by atoms with van der Waals surface area (Å²) in [6.07, 6.45) is 5.51. The average molecular weight is 350 g/mol. The van der Waals surface area contributed by atoms with Crippen molar-refractivity contribution in [2.75, 3.05) is 26.2 Å². The smallest absolute Gasteiger partial charge is 0.129 e. The predicted octanol–water partition coefficient (Wildman–Crippen LogP) is 3.80. The number of fused-ring (bicyclic) bond motifs is 1. The van der Waals surface area contributed by atoms with Gasteiger partial charge in [0.1, 0.15) is 12.3 Å². The Bertz CT molecular complexity index is 838. The van der Waals surface area contributed by atoms with Crippen molar-refractivity contribution in [1.29, 1.82) is 0 Å². The summed E-state index contributed by atoms with van der Waals surface area (Å²) in [7, 11) is 0. The van der Waals surface area contributed by atoms with Crippen LogP contribution in [0.25, 0.3) is 10.8 Å². The molecule has 0 aliphatic carbocycles. The predicted molar refractivity (Wildman–Crippen MR) is 106 cm³/mol. The zero-order valence-electron chi connectivity index (χ0n) is 15.5. The molecule has 0 aliphatic heterocycles. The van der Waals surface area contributed by atoms with E-state index >= 15 is 0 Å². The van der Waals surface area contributed by atoms with Crippen LogP contribution in [-0.2, 0) is 11.4 Å². The van der Waals surface area contributed by atoms with Gasteiger partial charge in [0, 0.05) is 24.5 Å². The first-order valence-corrected chi connectivity index (χ1v) is 9.16. The summed E-state index contributed by atoms with van der Waals surface area (Å²) in [5.41, 5.74) is 1.97. The topological polar surface area (TPSA) is 42.6 Å². The SMILES string of the molecule is CCN(CC)CCO/N=C(/Cn1ccnc1)c1ccc2ccccc2c1. The van der Waals surface area contributed by atoms with Crippen molar-refractivity contribution < 1.29 is 4.84 Å². The van der Waals surface area contributed by atoms with Gasteiger partial charge in [-0.25, -0.2) is 4.98 Å². The Morgan fingerprint density at radius 1 is 1.12 bits per heavy atom. The Labute approximate surface area is 154 Å². The minimum absolute atomic E-state index is 0.586. The van der Waals surface area contributed by atoms with Crippen LogP contribution in [-0.4, -0.2) is 46.4 Å². The molecule has 2 aromatic carbocycles. The van der Waals surface area contributed by atoms with Crippen molar-refractivity contribution in [1.82, 2.24) is 14.5 Å². The average Bonchev–Trinajstić information content (AvgIpc) is 3.20. The van der Waals surface area contributed by atoms with Crippen LogP contribution >= 0.6 is 0 Å². The fourth-order valence-electron chi connectivity index (χ4n) is 2.93. The molecule has 0 saturated carbocycles. The summed E-state index contributed by atoms with van der Waals surface area (Å²) in [6, 6.07) is 14.7. The largest absolute Gasteiger partial charge is 0.394 e. The number of rotatable bonds is 9. The summed E-state index contributed by atoms with van der Waals surface area (Å²) < 4.78 is 2.00. The highest BCUT2D eigenvalue weighted by molar-refractivity contribution is 6.03. The quantitative estimate of drug-likeness (QED) is 0.335. The van der Waals surface area contributed by atoms with Gasteiger partial charge in [0.25, 0.3) is 0 Å². The third-order valence-corrected chi connectivity index (χ3v) is 4.54. The Hall–Kier alpha value is -2.66. The highest BCUT2D eigenvalue weighted by Gasteiger charge is 2.08. The molecule has 26 heavy (non-hydrogen) atoms. The van der Waals surface area contributed by atoms with Crippen molar-refractivity contribution in [3.05, 3.63) is 66.7 Å². The second kappa shape index (κ2) is 9.15. The van der Waals surface area contributed by atoms with Gasteiger partial charge in [-0.3, -0.25) is 0 Å². The van der Waals surface area contributed by atoms with Gasteiger partial charge < -0.3 is 14.3 Å². The molecule has 0 bridgehead atoms. The molecule has 0 aliphatic rings. The third kappa shape index (κ3) is 4.70. The number of hydrogen-bond donors (Lipinski definition) is 0. The molecule has 136 valence electrons. The fraction of sp³-hybridized carbons (Fsp3) is 0.333. The van der Waals surface area contributed by atoms with Crippen LogP contribution in [0, 0.1) is 0 Å². The standard InChI is InChI=1S/C21H26N4O/c1-3-24(4-2)13-14-26-23-21(16-25-12-11-22-17-25)20-10-9-18-7-5-6-8-19(18)15-20/h5-12,15,17H,3-4,13-14,16H2,1-2H3/b23-21-. The fourth-order valence-corrected chi connectivity index (χ4v) is 2.93. The molecule has 0 saturated heterocycles. The molecule has 0 fully saturated rings. The number of imidazole rings is 1. The van der Waals surface area contributed by atoms with Gasteiger partial charge in [0.15, 0.2) is 0 Å². The number of nitrogens with zero attached hydrogens (tertiary/aromatic N) is 4. The van der Waals surface area contributed by atoms with Crippen LogP contribution in [0.15, 0.2) is 66.3 Å². The summed E-state index contributed by atoms with van der Waals surface area (Å²) in [5, 5.41) is 6.88. The normalized spacial score (nSPS) is 12.0. The summed E-state index contributed by atoms with van der Waals surface area (Å²) in [4.78, 5) is 12.1. The molecule has 0 amide bonds. The zero-order chi connectivity index (χ0) is 18.2. The number of aromatic nitrogens is 2. The first kappa shape index (κ1) is 18.1. The molecule has 0 atom stereocenters. The Kier molecular flexibility index (Phi) is 6.39. The molecule has 5 nitrogen and oxygen atoms in total. The molecule has 0 N–H and O–H groups in total. The molecule has 0 radical (unpaired) electrons. The molecule has 3 aromatic rings. The first-order valence-electron chi connectivity index (χ1n) is 9.16. The molecule has 0 unspecified atom stereocenters. The number of oxime groups is 1. The van der Waals surface area contributed by atoms with E-state index < -0.39 is 0 Å². The van der Waals surface area contributed by atoms with Crippen LogP contribution in [0.5, 0.6) is 0 Å².